The second-order valence-electron chi connectivity index (χ2n) is 5.46. The van der Waals surface area contributed by atoms with Crippen LogP contribution in [0.1, 0.15) is 65.2 Å². The normalized spacial score (nSPS) is 14.3. The Morgan fingerprint density at radius 3 is 1.83 bits per heavy atom. The minimum atomic E-state index is -0.428. The van der Waals surface area contributed by atoms with Crippen molar-refractivity contribution >= 4 is 11.6 Å². The van der Waals surface area contributed by atoms with Gasteiger partial charge in [0.1, 0.15) is 12.6 Å². The van der Waals surface area contributed by atoms with E-state index in [0.717, 1.165) is 18.8 Å². The molecule has 0 rings (SSSR count). The third-order valence-electron chi connectivity index (χ3n) is 3.22. The van der Waals surface area contributed by atoms with Crippen LogP contribution in [0.5, 0.6) is 0 Å². The SMILES string of the molecule is CC(C)CCCCCCCCC(Cl)C(O)C[NH3+].[Cl-]. The van der Waals surface area contributed by atoms with Gasteiger partial charge in [0.25, 0.3) is 0 Å². The second-order valence-corrected chi connectivity index (χ2v) is 6.03. The van der Waals surface area contributed by atoms with Crippen molar-refractivity contribution in [2.75, 3.05) is 6.54 Å². The highest BCUT2D eigenvalue weighted by Gasteiger charge is 2.15. The summed E-state index contributed by atoms with van der Waals surface area (Å²) >= 11 is 6.04. The number of alkyl halides is 1. The Balaban J connectivity index is 0. The molecule has 0 saturated heterocycles. The largest absolute Gasteiger partial charge is 1.00 e. The Hall–Kier alpha value is 0.500. The van der Waals surface area contributed by atoms with Gasteiger partial charge >= 0.3 is 0 Å². The maximum absolute atomic E-state index is 9.46. The molecule has 0 saturated carbocycles. The number of hydrogen-bond acceptors (Lipinski definition) is 1. The Morgan fingerprint density at radius 2 is 1.39 bits per heavy atom. The molecule has 0 aliphatic rings. The maximum Gasteiger partial charge on any atom is 0.119 e. The first-order chi connectivity index (χ1) is 8.07. The fourth-order valence-corrected chi connectivity index (χ4v) is 2.25. The molecule has 0 fully saturated rings. The molecule has 4 heteroatoms. The van der Waals surface area contributed by atoms with Gasteiger partial charge in [0.2, 0.25) is 0 Å². The van der Waals surface area contributed by atoms with Gasteiger partial charge in [0.05, 0.1) is 5.38 Å². The van der Waals surface area contributed by atoms with E-state index in [1.807, 2.05) is 0 Å². The van der Waals surface area contributed by atoms with E-state index in [1.54, 1.807) is 0 Å². The number of aliphatic hydroxyl groups excluding tert-OH is 1. The van der Waals surface area contributed by atoms with Crippen LogP contribution < -0.4 is 18.1 Å². The predicted octanol–water partition coefficient (Wildman–Crippen LogP) is -0.0226. The average molecular weight is 300 g/mol. The van der Waals surface area contributed by atoms with Crippen LogP contribution in [0, 0.1) is 5.92 Å². The molecule has 18 heavy (non-hydrogen) atoms. The van der Waals surface area contributed by atoms with E-state index in [4.69, 9.17) is 11.6 Å². The third kappa shape index (κ3) is 12.9. The van der Waals surface area contributed by atoms with Gasteiger partial charge in [-0.2, -0.15) is 0 Å². The summed E-state index contributed by atoms with van der Waals surface area (Å²) in [5.41, 5.74) is 3.66. The van der Waals surface area contributed by atoms with Crippen molar-refractivity contribution in [1.82, 2.24) is 0 Å². The van der Waals surface area contributed by atoms with Crippen molar-refractivity contribution in [3.05, 3.63) is 0 Å². The van der Waals surface area contributed by atoms with Gasteiger partial charge in [-0.15, -0.1) is 11.6 Å². The first kappa shape index (κ1) is 20.8. The quantitative estimate of drug-likeness (QED) is 0.409. The smallest absolute Gasteiger partial charge is 0.119 e. The molecule has 0 aliphatic heterocycles. The lowest BCUT2D eigenvalue weighted by Gasteiger charge is -2.12. The van der Waals surface area contributed by atoms with Crippen molar-refractivity contribution in [2.45, 2.75) is 76.7 Å². The van der Waals surface area contributed by atoms with Crippen molar-refractivity contribution < 1.29 is 23.2 Å². The molecule has 0 aromatic rings. The van der Waals surface area contributed by atoms with Crippen LogP contribution in [0.25, 0.3) is 0 Å². The van der Waals surface area contributed by atoms with Crippen LogP contribution in [-0.4, -0.2) is 23.1 Å². The lowest BCUT2D eigenvalue weighted by molar-refractivity contribution is -0.383. The summed E-state index contributed by atoms with van der Waals surface area (Å²) in [6.07, 6.45) is 9.62. The first-order valence-electron chi connectivity index (χ1n) is 7.19. The van der Waals surface area contributed by atoms with Crippen LogP contribution in [0.2, 0.25) is 0 Å². The molecule has 0 aromatic heterocycles. The highest BCUT2D eigenvalue weighted by molar-refractivity contribution is 6.21. The van der Waals surface area contributed by atoms with E-state index in [-0.39, 0.29) is 17.8 Å². The molecule has 0 heterocycles. The molecular formula is C14H31Cl2NO. The zero-order valence-corrected chi connectivity index (χ0v) is 13.5. The summed E-state index contributed by atoms with van der Waals surface area (Å²) in [6.45, 7) is 5.09. The van der Waals surface area contributed by atoms with Crippen LogP contribution in [-0.2, 0) is 0 Å². The first-order valence-corrected chi connectivity index (χ1v) is 7.63. The topological polar surface area (TPSA) is 47.9 Å². The van der Waals surface area contributed by atoms with Gasteiger partial charge in [-0.1, -0.05) is 58.8 Å². The van der Waals surface area contributed by atoms with E-state index in [1.165, 1.54) is 38.5 Å². The van der Waals surface area contributed by atoms with Crippen LogP contribution in [0.3, 0.4) is 0 Å². The number of quaternary nitrogens is 1. The summed E-state index contributed by atoms with van der Waals surface area (Å²) in [6, 6.07) is 0. The van der Waals surface area contributed by atoms with Crippen molar-refractivity contribution in [3.63, 3.8) is 0 Å². The number of aliphatic hydroxyl groups is 1. The molecule has 0 aliphatic carbocycles. The standard InChI is InChI=1S/C14H30ClNO.ClH/c1-12(2)9-7-5-3-4-6-8-10-13(15)14(17)11-16;/h12-14,17H,3-11,16H2,1-2H3;1H. The summed E-state index contributed by atoms with van der Waals surface area (Å²) in [5.74, 6) is 0.844. The zero-order valence-electron chi connectivity index (χ0n) is 12.0. The van der Waals surface area contributed by atoms with Gasteiger partial charge in [0, 0.05) is 0 Å². The maximum atomic E-state index is 9.46. The molecular weight excluding hydrogens is 269 g/mol. The summed E-state index contributed by atoms with van der Waals surface area (Å²) in [7, 11) is 0. The fourth-order valence-electron chi connectivity index (χ4n) is 1.97. The van der Waals surface area contributed by atoms with E-state index in [9.17, 15) is 5.11 Å². The molecule has 0 radical (unpaired) electrons. The molecule has 0 amide bonds. The molecule has 0 aromatic carbocycles. The minimum Gasteiger partial charge on any atom is -1.00 e. The average Bonchev–Trinajstić information content (AvgIpc) is 2.30. The van der Waals surface area contributed by atoms with Crippen LogP contribution in [0.15, 0.2) is 0 Å². The molecule has 2 atom stereocenters. The Labute approximate surface area is 124 Å². The second kappa shape index (κ2) is 13.9. The van der Waals surface area contributed by atoms with E-state index in [2.05, 4.69) is 19.6 Å². The van der Waals surface area contributed by atoms with Gasteiger partial charge in [-0.3, -0.25) is 0 Å². The van der Waals surface area contributed by atoms with E-state index in [0.29, 0.717) is 6.54 Å². The van der Waals surface area contributed by atoms with E-state index < -0.39 is 6.10 Å². The zero-order chi connectivity index (χ0) is 13.1. The van der Waals surface area contributed by atoms with Crippen LogP contribution in [0.4, 0.5) is 0 Å². The summed E-state index contributed by atoms with van der Waals surface area (Å²) in [4.78, 5) is 0. The van der Waals surface area contributed by atoms with Gasteiger partial charge in [-0.25, -0.2) is 0 Å². The van der Waals surface area contributed by atoms with Gasteiger partial charge in [-0.05, 0) is 12.3 Å². The van der Waals surface area contributed by atoms with Crippen molar-refractivity contribution in [3.8, 4) is 0 Å². The monoisotopic (exact) mass is 299 g/mol. The summed E-state index contributed by atoms with van der Waals surface area (Å²) < 4.78 is 0. The number of unbranched alkanes of at least 4 members (excludes halogenated alkanes) is 5. The van der Waals surface area contributed by atoms with Crippen molar-refractivity contribution in [2.24, 2.45) is 5.92 Å². The third-order valence-corrected chi connectivity index (χ3v) is 3.73. The Morgan fingerprint density at radius 1 is 0.944 bits per heavy atom. The van der Waals surface area contributed by atoms with Crippen LogP contribution >= 0.6 is 11.6 Å². The predicted molar refractivity (Wildman–Crippen MR) is 75.2 cm³/mol. The van der Waals surface area contributed by atoms with Gasteiger partial charge < -0.3 is 23.2 Å². The fraction of sp³-hybridized carbons (Fsp3) is 1.00. The number of hydrogen-bond donors (Lipinski definition) is 2. The molecule has 0 bridgehead atoms. The Kier molecular flexibility index (Phi) is 16.1. The summed E-state index contributed by atoms with van der Waals surface area (Å²) in [5, 5.41) is 9.35. The molecule has 112 valence electrons. The molecule has 4 N–H and O–H groups in total. The Bertz CT molecular complexity index is 168. The molecule has 2 unspecified atom stereocenters. The highest BCUT2D eigenvalue weighted by Crippen LogP contribution is 2.15. The lowest BCUT2D eigenvalue weighted by Crippen LogP contribution is -3.00. The van der Waals surface area contributed by atoms with E-state index >= 15 is 0 Å². The molecule has 2 nitrogen and oxygen atoms in total. The van der Waals surface area contributed by atoms with Gasteiger partial charge in [0.15, 0.2) is 0 Å². The minimum absolute atomic E-state index is 0. The van der Waals surface area contributed by atoms with Crippen molar-refractivity contribution in [1.29, 1.82) is 0 Å². The number of halogens is 2. The molecule has 0 spiro atoms. The lowest BCUT2D eigenvalue weighted by atomic mass is 10.0. The number of rotatable bonds is 11. The highest BCUT2D eigenvalue weighted by atomic mass is 35.5.